The number of fused-ring (bicyclic) bond motifs is 1. The number of benzene rings is 1. The quantitative estimate of drug-likeness (QED) is 0.280. The number of amides is 1. The van der Waals surface area contributed by atoms with E-state index in [2.05, 4.69) is 16.0 Å². The van der Waals surface area contributed by atoms with Gasteiger partial charge in [0.2, 0.25) is 0 Å². The Balaban J connectivity index is 0.00000300. The van der Waals surface area contributed by atoms with E-state index in [1.54, 1.807) is 6.92 Å². The first-order valence-electron chi connectivity index (χ1n) is 10.1. The molecule has 1 aromatic carbocycles. The van der Waals surface area contributed by atoms with E-state index < -0.39 is 0 Å². The SMILES string of the molecule is CCNC(=NCC(NC(=O)OCC)C1CC1)NC(C)c1cc2ccccc2o1.I. The maximum atomic E-state index is 11.8. The van der Waals surface area contributed by atoms with Gasteiger partial charge in [0, 0.05) is 11.9 Å². The van der Waals surface area contributed by atoms with Gasteiger partial charge in [0.25, 0.3) is 0 Å². The van der Waals surface area contributed by atoms with Gasteiger partial charge in [0.05, 0.1) is 25.2 Å². The lowest BCUT2D eigenvalue weighted by Gasteiger charge is -2.19. The largest absolute Gasteiger partial charge is 0.459 e. The van der Waals surface area contributed by atoms with E-state index >= 15 is 0 Å². The van der Waals surface area contributed by atoms with Crippen LogP contribution in [0, 0.1) is 5.92 Å². The van der Waals surface area contributed by atoms with E-state index in [4.69, 9.17) is 14.1 Å². The molecule has 1 heterocycles. The summed E-state index contributed by atoms with van der Waals surface area (Å²) in [6.07, 6.45) is 1.86. The molecule has 8 heteroatoms. The highest BCUT2D eigenvalue weighted by atomic mass is 127. The van der Waals surface area contributed by atoms with E-state index in [1.165, 1.54) is 0 Å². The Morgan fingerprint density at radius 1 is 1.28 bits per heavy atom. The number of aliphatic imine (C=N–C) groups is 1. The van der Waals surface area contributed by atoms with Gasteiger partial charge >= 0.3 is 6.09 Å². The molecule has 0 bridgehead atoms. The molecule has 2 unspecified atom stereocenters. The smallest absolute Gasteiger partial charge is 0.407 e. The van der Waals surface area contributed by atoms with Crippen LogP contribution in [0.1, 0.15) is 45.4 Å². The van der Waals surface area contributed by atoms with Gasteiger partial charge in [-0.3, -0.25) is 4.99 Å². The third kappa shape index (κ3) is 6.80. The maximum Gasteiger partial charge on any atom is 0.407 e. The summed E-state index contributed by atoms with van der Waals surface area (Å²) in [6, 6.07) is 9.97. The Morgan fingerprint density at radius 2 is 2.03 bits per heavy atom. The van der Waals surface area contributed by atoms with E-state index in [9.17, 15) is 4.79 Å². The summed E-state index contributed by atoms with van der Waals surface area (Å²) in [5.41, 5.74) is 0.875. The lowest BCUT2D eigenvalue weighted by molar-refractivity contribution is 0.147. The molecule has 1 amide bonds. The van der Waals surface area contributed by atoms with E-state index in [1.807, 2.05) is 44.2 Å². The first-order chi connectivity index (χ1) is 13.6. The highest BCUT2D eigenvalue weighted by molar-refractivity contribution is 14.0. The number of guanidine groups is 1. The van der Waals surface area contributed by atoms with E-state index in [-0.39, 0.29) is 42.2 Å². The first kappa shape index (κ1) is 23.3. The Labute approximate surface area is 189 Å². The molecule has 0 radical (unpaired) electrons. The van der Waals surface area contributed by atoms with Gasteiger partial charge in [-0.15, -0.1) is 24.0 Å². The molecule has 1 saturated carbocycles. The van der Waals surface area contributed by atoms with Gasteiger partial charge in [0.15, 0.2) is 5.96 Å². The van der Waals surface area contributed by atoms with Gasteiger partial charge in [-0.2, -0.15) is 0 Å². The van der Waals surface area contributed by atoms with Crippen molar-refractivity contribution in [1.29, 1.82) is 0 Å². The predicted octanol–water partition coefficient (Wildman–Crippen LogP) is 4.19. The Morgan fingerprint density at radius 3 is 2.69 bits per heavy atom. The zero-order chi connectivity index (χ0) is 19.9. The second kappa shape index (κ2) is 11.3. The standard InChI is InChI=1S/C21H30N4O3.HI/c1-4-22-20(23-13-17(15-10-11-15)25-21(26)27-5-2)24-14(3)19-12-16-8-6-7-9-18(16)28-19;/h6-9,12,14-15,17H,4-5,10-11,13H2,1-3H3,(H,25,26)(H2,22,23,24);1H. The molecule has 0 saturated heterocycles. The topological polar surface area (TPSA) is 87.9 Å². The number of halogens is 1. The Kier molecular flexibility index (Phi) is 9.06. The number of furan rings is 1. The highest BCUT2D eigenvalue weighted by Gasteiger charge is 2.32. The summed E-state index contributed by atoms with van der Waals surface area (Å²) in [7, 11) is 0. The van der Waals surface area contributed by atoms with Crippen LogP contribution in [0.3, 0.4) is 0 Å². The molecule has 1 fully saturated rings. The molecule has 2 atom stereocenters. The van der Waals surface area contributed by atoms with Crippen LogP contribution in [-0.4, -0.2) is 37.8 Å². The molecule has 160 valence electrons. The fourth-order valence-electron chi connectivity index (χ4n) is 3.14. The molecule has 1 aromatic heterocycles. The van der Waals surface area contributed by atoms with Crippen molar-refractivity contribution >= 4 is 47.0 Å². The molecule has 7 nitrogen and oxygen atoms in total. The summed E-state index contributed by atoms with van der Waals surface area (Å²) in [5.74, 6) is 2.03. The number of hydrogen-bond acceptors (Lipinski definition) is 4. The predicted molar refractivity (Wildman–Crippen MR) is 126 cm³/mol. The Bertz CT molecular complexity index is 786. The summed E-state index contributed by atoms with van der Waals surface area (Å²) in [5, 5.41) is 10.7. The monoisotopic (exact) mass is 514 g/mol. The average Bonchev–Trinajstić information content (AvgIpc) is 3.43. The van der Waals surface area contributed by atoms with Crippen molar-refractivity contribution in [3.05, 3.63) is 36.1 Å². The minimum absolute atomic E-state index is 0. The molecule has 1 aliphatic carbocycles. The molecule has 0 spiro atoms. The molecule has 1 aliphatic rings. The third-order valence-electron chi connectivity index (χ3n) is 4.78. The van der Waals surface area contributed by atoms with Crippen molar-refractivity contribution in [1.82, 2.24) is 16.0 Å². The van der Waals surface area contributed by atoms with Gasteiger partial charge in [-0.1, -0.05) is 18.2 Å². The number of carbonyl (C=O) groups excluding carboxylic acids is 1. The third-order valence-corrected chi connectivity index (χ3v) is 4.78. The number of nitrogens with one attached hydrogen (secondary N) is 3. The Hall–Kier alpha value is -1.97. The van der Waals surface area contributed by atoms with Gasteiger partial charge in [-0.25, -0.2) is 4.79 Å². The summed E-state index contributed by atoms with van der Waals surface area (Å²) in [6.45, 7) is 7.49. The van der Waals surface area contributed by atoms with Crippen LogP contribution >= 0.6 is 24.0 Å². The normalized spacial score (nSPS) is 15.9. The lowest BCUT2D eigenvalue weighted by Crippen LogP contribution is -2.42. The highest BCUT2D eigenvalue weighted by Crippen LogP contribution is 2.32. The molecule has 3 rings (SSSR count). The number of para-hydroxylation sites is 1. The first-order valence-corrected chi connectivity index (χ1v) is 10.1. The molecule has 29 heavy (non-hydrogen) atoms. The van der Waals surface area contributed by atoms with Gasteiger partial charge in [-0.05, 0) is 51.7 Å². The molecule has 2 aromatic rings. The van der Waals surface area contributed by atoms with Gasteiger partial charge in [0.1, 0.15) is 11.3 Å². The lowest BCUT2D eigenvalue weighted by atomic mass is 10.2. The van der Waals surface area contributed by atoms with Crippen LogP contribution in [0.4, 0.5) is 4.79 Å². The van der Waals surface area contributed by atoms with Crippen molar-refractivity contribution in [3.8, 4) is 0 Å². The number of carbonyl (C=O) groups is 1. The maximum absolute atomic E-state index is 11.8. The summed E-state index contributed by atoms with van der Waals surface area (Å²) < 4.78 is 11.0. The van der Waals surface area contributed by atoms with Crippen LogP contribution in [0.2, 0.25) is 0 Å². The number of alkyl carbamates (subject to hydrolysis) is 1. The van der Waals surface area contributed by atoms with Gasteiger partial charge < -0.3 is 25.1 Å². The van der Waals surface area contributed by atoms with Crippen molar-refractivity contribution in [3.63, 3.8) is 0 Å². The van der Waals surface area contributed by atoms with E-state index in [0.29, 0.717) is 25.0 Å². The molecular formula is C21H31IN4O3. The fourth-order valence-corrected chi connectivity index (χ4v) is 3.14. The van der Waals surface area contributed by atoms with Crippen LogP contribution in [0.15, 0.2) is 39.7 Å². The molecular weight excluding hydrogens is 483 g/mol. The van der Waals surface area contributed by atoms with Crippen molar-refractivity contribution in [2.45, 2.75) is 45.7 Å². The fraction of sp³-hybridized carbons (Fsp3) is 0.524. The van der Waals surface area contributed by atoms with Crippen LogP contribution in [-0.2, 0) is 4.74 Å². The number of nitrogens with zero attached hydrogens (tertiary/aromatic N) is 1. The minimum Gasteiger partial charge on any atom is -0.459 e. The number of hydrogen-bond donors (Lipinski definition) is 3. The second-order valence-corrected chi connectivity index (χ2v) is 7.08. The molecule has 3 N–H and O–H groups in total. The number of ether oxygens (including phenoxy) is 1. The average molecular weight is 514 g/mol. The zero-order valence-corrected chi connectivity index (χ0v) is 19.6. The van der Waals surface area contributed by atoms with E-state index in [0.717, 1.165) is 36.1 Å². The minimum atomic E-state index is -0.372. The molecule has 0 aliphatic heterocycles. The van der Waals surface area contributed by atoms with Crippen LogP contribution in [0.25, 0.3) is 11.0 Å². The number of rotatable bonds is 8. The van der Waals surface area contributed by atoms with Crippen LogP contribution in [0.5, 0.6) is 0 Å². The van der Waals surface area contributed by atoms with Crippen molar-refractivity contribution < 1.29 is 13.9 Å². The van der Waals surface area contributed by atoms with Crippen molar-refractivity contribution in [2.75, 3.05) is 19.7 Å². The summed E-state index contributed by atoms with van der Waals surface area (Å²) >= 11 is 0. The zero-order valence-electron chi connectivity index (χ0n) is 17.2. The van der Waals surface area contributed by atoms with Crippen molar-refractivity contribution in [2.24, 2.45) is 10.9 Å². The summed E-state index contributed by atoms with van der Waals surface area (Å²) in [4.78, 5) is 16.5. The van der Waals surface area contributed by atoms with Crippen LogP contribution < -0.4 is 16.0 Å². The second-order valence-electron chi connectivity index (χ2n) is 7.08.